The van der Waals surface area contributed by atoms with Crippen molar-refractivity contribution in [1.82, 2.24) is 9.38 Å². The highest BCUT2D eigenvalue weighted by molar-refractivity contribution is 7.17. The summed E-state index contributed by atoms with van der Waals surface area (Å²) >= 11 is 1.77. The SMILES string of the molecule is COc1ccc2c(c1)-c1nc3sc(C)c(C)n3c1C2. The number of aromatic nitrogens is 2. The van der Waals surface area contributed by atoms with Crippen LogP contribution in [0.25, 0.3) is 16.2 Å². The molecule has 0 bridgehead atoms. The van der Waals surface area contributed by atoms with Crippen LogP contribution in [0.2, 0.25) is 0 Å². The molecule has 19 heavy (non-hydrogen) atoms. The van der Waals surface area contributed by atoms with E-state index in [9.17, 15) is 0 Å². The van der Waals surface area contributed by atoms with Gasteiger partial charge in [-0.1, -0.05) is 6.07 Å². The predicted molar refractivity (Wildman–Crippen MR) is 77.3 cm³/mol. The van der Waals surface area contributed by atoms with Crippen LogP contribution >= 0.6 is 11.3 Å². The fraction of sp³-hybridized carbons (Fsp3) is 0.267. The van der Waals surface area contributed by atoms with Gasteiger partial charge in [-0.25, -0.2) is 4.98 Å². The zero-order valence-corrected chi connectivity index (χ0v) is 12.0. The van der Waals surface area contributed by atoms with E-state index in [-0.39, 0.29) is 0 Å². The number of hydrogen-bond acceptors (Lipinski definition) is 3. The molecule has 0 amide bonds. The van der Waals surface area contributed by atoms with Gasteiger partial charge in [-0.15, -0.1) is 11.3 Å². The monoisotopic (exact) mass is 270 g/mol. The first-order chi connectivity index (χ1) is 9.19. The predicted octanol–water partition coefficient (Wildman–Crippen LogP) is 3.59. The lowest BCUT2D eigenvalue weighted by Gasteiger charge is -2.02. The van der Waals surface area contributed by atoms with E-state index >= 15 is 0 Å². The molecule has 3 aromatic rings. The van der Waals surface area contributed by atoms with Gasteiger partial charge in [0.25, 0.3) is 0 Å². The molecule has 0 aliphatic heterocycles. The summed E-state index contributed by atoms with van der Waals surface area (Å²) < 4.78 is 7.63. The Kier molecular flexibility index (Phi) is 2.10. The second kappa shape index (κ2) is 3.61. The quantitative estimate of drug-likeness (QED) is 0.528. The van der Waals surface area contributed by atoms with Gasteiger partial charge >= 0.3 is 0 Å². The highest BCUT2D eigenvalue weighted by Gasteiger charge is 2.26. The Hall–Kier alpha value is -1.81. The van der Waals surface area contributed by atoms with Crippen LogP contribution in [0.3, 0.4) is 0 Å². The van der Waals surface area contributed by atoms with Gasteiger partial charge < -0.3 is 4.74 Å². The minimum atomic E-state index is 0.899. The first-order valence-corrected chi connectivity index (χ1v) is 7.15. The Balaban J connectivity index is 2.01. The van der Waals surface area contributed by atoms with E-state index in [4.69, 9.17) is 9.72 Å². The van der Waals surface area contributed by atoms with Crippen LogP contribution < -0.4 is 4.74 Å². The molecule has 0 N–H and O–H groups in total. The number of aryl methyl sites for hydroxylation is 2. The normalized spacial score (nSPS) is 12.8. The maximum Gasteiger partial charge on any atom is 0.194 e. The van der Waals surface area contributed by atoms with Crippen LogP contribution in [0.5, 0.6) is 5.75 Å². The van der Waals surface area contributed by atoms with Crippen LogP contribution in [0.4, 0.5) is 0 Å². The highest BCUT2D eigenvalue weighted by atomic mass is 32.1. The molecule has 1 aromatic carbocycles. The number of rotatable bonds is 1. The minimum Gasteiger partial charge on any atom is -0.497 e. The molecule has 96 valence electrons. The molecule has 0 unspecified atom stereocenters. The number of benzene rings is 1. The summed E-state index contributed by atoms with van der Waals surface area (Å²) in [5, 5.41) is 0. The van der Waals surface area contributed by atoms with Gasteiger partial charge in [0.15, 0.2) is 4.96 Å². The van der Waals surface area contributed by atoms with Crippen molar-refractivity contribution in [2.45, 2.75) is 20.3 Å². The Bertz CT molecular complexity index is 813. The number of methoxy groups -OCH3 is 1. The molecule has 0 saturated carbocycles. The summed E-state index contributed by atoms with van der Waals surface area (Å²) in [5.74, 6) is 0.899. The Morgan fingerprint density at radius 2 is 2.16 bits per heavy atom. The summed E-state index contributed by atoms with van der Waals surface area (Å²) in [6, 6.07) is 6.27. The molecule has 0 fully saturated rings. The van der Waals surface area contributed by atoms with E-state index in [2.05, 4.69) is 30.4 Å². The molecule has 1 aliphatic rings. The van der Waals surface area contributed by atoms with E-state index < -0.39 is 0 Å². The van der Waals surface area contributed by atoms with Gasteiger partial charge in [-0.3, -0.25) is 4.40 Å². The van der Waals surface area contributed by atoms with Crippen LogP contribution in [0.15, 0.2) is 18.2 Å². The number of ether oxygens (including phenoxy) is 1. The Morgan fingerprint density at radius 3 is 2.95 bits per heavy atom. The summed E-state index contributed by atoms with van der Waals surface area (Å²) in [7, 11) is 1.71. The lowest BCUT2D eigenvalue weighted by Crippen LogP contribution is -1.92. The van der Waals surface area contributed by atoms with Crippen LogP contribution in [0.1, 0.15) is 21.8 Å². The molecule has 0 atom stereocenters. The number of hydrogen-bond donors (Lipinski definition) is 0. The van der Waals surface area contributed by atoms with Crippen molar-refractivity contribution in [3.05, 3.63) is 40.0 Å². The Labute approximate surface area is 115 Å². The maximum atomic E-state index is 5.32. The van der Waals surface area contributed by atoms with Crippen molar-refractivity contribution >= 4 is 16.3 Å². The number of nitrogens with zero attached hydrogens (tertiary/aromatic N) is 2. The molecule has 4 rings (SSSR count). The lowest BCUT2D eigenvalue weighted by molar-refractivity contribution is 0.415. The second-order valence-corrected chi connectivity index (χ2v) is 6.15. The fourth-order valence-corrected chi connectivity index (χ4v) is 3.82. The van der Waals surface area contributed by atoms with Crippen LogP contribution in [-0.4, -0.2) is 16.5 Å². The molecule has 2 aromatic heterocycles. The van der Waals surface area contributed by atoms with Gasteiger partial charge in [-0.2, -0.15) is 0 Å². The van der Waals surface area contributed by atoms with Crippen molar-refractivity contribution < 1.29 is 4.74 Å². The average Bonchev–Trinajstić information content (AvgIpc) is 3.00. The zero-order chi connectivity index (χ0) is 13.1. The van der Waals surface area contributed by atoms with Crippen molar-refractivity contribution in [3.8, 4) is 17.0 Å². The summed E-state index contributed by atoms with van der Waals surface area (Å²) in [4.78, 5) is 7.27. The van der Waals surface area contributed by atoms with Gasteiger partial charge in [0.05, 0.1) is 18.5 Å². The van der Waals surface area contributed by atoms with Crippen molar-refractivity contribution in [3.63, 3.8) is 0 Å². The second-order valence-electron chi connectivity index (χ2n) is 4.97. The van der Waals surface area contributed by atoms with Gasteiger partial charge in [-0.05, 0) is 31.5 Å². The number of fused-ring (bicyclic) bond motifs is 5. The standard InChI is InChI=1S/C15H14N2OS/c1-8-9(2)19-15-16-14-12-7-11(18-3)5-4-10(12)6-13(14)17(8)15/h4-5,7H,6H2,1-3H3. The largest absolute Gasteiger partial charge is 0.497 e. The third kappa shape index (κ3) is 1.35. The minimum absolute atomic E-state index is 0.899. The van der Waals surface area contributed by atoms with Gasteiger partial charge in [0.1, 0.15) is 5.75 Å². The van der Waals surface area contributed by atoms with E-state index in [0.29, 0.717) is 0 Å². The van der Waals surface area contributed by atoms with E-state index in [1.54, 1.807) is 18.4 Å². The van der Waals surface area contributed by atoms with Crippen LogP contribution in [0, 0.1) is 13.8 Å². The Morgan fingerprint density at radius 1 is 1.32 bits per heavy atom. The number of imidazole rings is 1. The molecular formula is C15H14N2OS. The van der Waals surface area contributed by atoms with Crippen molar-refractivity contribution in [2.75, 3.05) is 7.11 Å². The van der Waals surface area contributed by atoms with Crippen LogP contribution in [-0.2, 0) is 6.42 Å². The van der Waals surface area contributed by atoms with Gasteiger partial charge in [0, 0.05) is 22.6 Å². The average molecular weight is 270 g/mol. The highest BCUT2D eigenvalue weighted by Crippen LogP contribution is 2.40. The summed E-state index contributed by atoms with van der Waals surface area (Å²) in [6.07, 6.45) is 0.965. The smallest absolute Gasteiger partial charge is 0.194 e. The van der Waals surface area contributed by atoms with Crippen molar-refractivity contribution in [2.24, 2.45) is 0 Å². The molecule has 4 heteroatoms. The summed E-state index contributed by atoms with van der Waals surface area (Å²) in [5.41, 5.74) is 6.33. The molecule has 0 saturated heterocycles. The maximum absolute atomic E-state index is 5.32. The fourth-order valence-electron chi connectivity index (χ4n) is 2.83. The topological polar surface area (TPSA) is 26.5 Å². The first kappa shape index (κ1) is 11.1. The van der Waals surface area contributed by atoms with Crippen molar-refractivity contribution in [1.29, 1.82) is 0 Å². The zero-order valence-electron chi connectivity index (χ0n) is 11.2. The molecule has 0 radical (unpaired) electrons. The summed E-state index contributed by atoms with van der Waals surface area (Å²) in [6.45, 7) is 4.33. The number of thiazole rings is 1. The lowest BCUT2D eigenvalue weighted by atomic mass is 10.1. The molecule has 0 spiro atoms. The molecule has 1 aliphatic carbocycles. The molecule has 2 heterocycles. The van der Waals surface area contributed by atoms with E-state index in [0.717, 1.165) is 22.8 Å². The third-order valence-corrected chi connectivity index (χ3v) is 5.02. The van der Waals surface area contributed by atoms with Gasteiger partial charge in [0.2, 0.25) is 0 Å². The molecule has 3 nitrogen and oxygen atoms in total. The first-order valence-electron chi connectivity index (χ1n) is 6.33. The molecular weight excluding hydrogens is 256 g/mol. The van der Waals surface area contributed by atoms with E-state index in [1.165, 1.54) is 27.4 Å². The third-order valence-electron chi connectivity index (χ3n) is 3.96. The van der Waals surface area contributed by atoms with E-state index in [1.807, 2.05) is 6.07 Å².